The molecule has 2 heterocycles. The summed E-state index contributed by atoms with van der Waals surface area (Å²) >= 11 is 0. The summed E-state index contributed by atoms with van der Waals surface area (Å²) in [5.41, 5.74) is -0.0252. The lowest BCUT2D eigenvalue weighted by atomic mass is 9.91. The molecule has 1 aliphatic heterocycles. The van der Waals surface area contributed by atoms with Crippen molar-refractivity contribution in [2.24, 2.45) is 7.05 Å². The average Bonchev–Trinajstić information content (AvgIpc) is 3.06. The zero-order valence-electron chi connectivity index (χ0n) is 15.4. The maximum Gasteiger partial charge on any atom is 0.256 e. The molecule has 7 nitrogen and oxygen atoms in total. The van der Waals surface area contributed by atoms with Crippen LogP contribution in [0.3, 0.4) is 0 Å². The van der Waals surface area contributed by atoms with Crippen molar-refractivity contribution in [2.75, 3.05) is 25.5 Å². The van der Waals surface area contributed by atoms with Crippen LogP contribution in [0.4, 0.5) is 5.69 Å². The quantitative estimate of drug-likeness (QED) is 0.756. The van der Waals surface area contributed by atoms with E-state index in [1.165, 1.54) is 0 Å². The Morgan fingerprint density at radius 1 is 1.26 bits per heavy atom. The summed E-state index contributed by atoms with van der Waals surface area (Å²) in [6, 6.07) is 7.33. The molecule has 2 N–H and O–H groups in total. The molecule has 1 amide bonds. The molecule has 0 saturated carbocycles. The summed E-state index contributed by atoms with van der Waals surface area (Å²) in [5.74, 6) is 1.48. The molecule has 1 saturated heterocycles. The largest absolute Gasteiger partial charge is 0.486 e. The number of carbonyl (C=O) groups excluding carboxylic acids is 1. The maximum atomic E-state index is 12.6. The smallest absolute Gasteiger partial charge is 0.256 e. The lowest BCUT2D eigenvalue weighted by Crippen LogP contribution is -2.51. The second kappa shape index (κ2) is 10.5. The van der Waals surface area contributed by atoms with Crippen LogP contribution < -0.4 is 15.4 Å². The van der Waals surface area contributed by atoms with E-state index in [1.807, 2.05) is 42.1 Å². The normalized spacial score (nSPS) is 15.2. The van der Waals surface area contributed by atoms with Gasteiger partial charge in [-0.2, -0.15) is 0 Å². The number of hydrogen-bond donors (Lipinski definition) is 2. The van der Waals surface area contributed by atoms with Crippen LogP contribution in [0.2, 0.25) is 0 Å². The molecule has 0 bridgehead atoms. The monoisotopic (exact) mass is 416 g/mol. The first-order chi connectivity index (χ1) is 12.1. The molecule has 0 spiro atoms. The summed E-state index contributed by atoms with van der Waals surface area (Å²) in [6.45, 7) is 1.96. The maximum absolute atomic E-state index is 12.6. The van der Waals surface area contributed by atoms with E-state index < -0.39 is 5.60 Å². The number of nitrogens with one attached hydrogen (secondary N) is 2. The molecular weight excluding hydrogens is 391 g/mol. The molecule has 1 aromatic heterocycles. The predicted octanol–water partition coefficient (Wildman–Crippen LogP) is 2.55. The third-order valence-corrected chi connectivity index (χ3v) is 4.62. The number of hydrogen-bond acceptors (Lipinski definition) is 5. The van der Waals surface area contributed by atoms with Crippen molar-refractivity contribution >= 4 is 36.4 Å². The zero-order valence-corrected chi connectivity index (χ0v) is 17.1. The summed E-state index contributed by atoms with van der Waals surface area (Å²) in [5, 5.41) is 6.19. The number of imidazole rings is 1. The summed E-state index contributed by atoms with van der Waals surface area (Å²) in [4.78, 5) is 16.8. The molecule has 0 unspecified atom stereocenters. The van der Waals surface area contributed by atoms with E-state index in [0.29, 0.717) is 19.4 Å². The first-order valence-electron chi connectivity index (χ1n) is 8.39. The van der Waals surface area contributed by atoms with Crippen LogP contribution in [0.1, 0.15) is 18.7 Å². The molecule has 150 valence electrons. The Balaban J connectivity index is 0.00000182. The van der Waals surface area contributed by atoms with Gasteiger partial charge in [-0.05, 0) is 50.2 Å². The lowest BCUT2D eigenvalue weighted by Gasteiger charge is -2.34. The molecular formula is C18H26Cl2N4O3. The summed E-state index contributed by atoms with van der Waals surface area (Å²) in [7, 11) is 3.52. The van der Waals surface area contributed by atoms with Crippen molar-refractivity contribution in [3.63, 3.8) is 0 Å². The predicted molar refractivity (Wildman–Crippen MR) is 109 cm³/mol. The lowest BCUT2D eigenvalue weighted by molar-refractivity contribution is -0.140. The van der Waals surface area contributed by atoms with E-state index in [2.05, 4.69) is 15.6 Å². The third kappa shape index (κ3) is 5.59. The van der Waals surface area contributed by atoms with Crippen LogP contribution in [0.5, 0.6) is 5.75 Å². The van der Waals surface area contributed by atoms with Crippen LogP contribution in [0.25, 0.3) is 0 Å². The second-order valence-corrected chi connectivity index (χ2v) is 6.17. The molecule has 1 aromatic carbocycles. The highest BCUT2D eigenvalue weighted by Gasteiger charge is 2.39. The van der Waals surface area contributed by atoms with Gasteiger partial charge in [-0.25, -0.2) is 4.98 Å². The Labute approximate surface area is 171 Å². The number of benzene rings is 1. The molecule has 0 atom stereocenters. The number of anilines is 1. The van der Waals surface area contributed by atoms with Gasteiger partial charge < -0.3 is 24.7 Å². The van der Waals surface area contributed by atoms with Crippen molar-refractivity contribution in [1.29, 1.82) is 0 Å². The fourth-order valence-corrected chi connectivity index (χ4v) is 2.92. The number of piperidine rings is 1. The van der Waals surface area contributed by atoms with E-state index in [4.69, 9.17) is 9.47 Å². The number of aromatic nitrogens is 2. The number of ether oxygens (including phenoxy) is 2. The Morgan fingerprint density at radius 3 is 2.48 bits per heavy atom. The molecule has 2 aromatic rings. The molecule has 27 heavy (non-hydrogen) atoms. The number of aryl methyl sites for hydroxylation is 1. The number of halogens is 2. The summed E-state index contributed by atoms with van der Waals surface area (Å²) in [6.07, 6.45) is 4.95. The average molecular weight is 417 g/mol. The van der Waals surface area contributed by atoms with Gasteiger partial charge in [-0.3, -0.25) is 4.79 Å². The first kappa shape index (κ1) is 23.2. The minimum Gasteiger partial charge on any atom is -0.486 e. The number of nitrogens with zero attached hydrogens (tertiary/aromatic N) is 2. The third-order valence-electron chi connectivity index (χ3n) is 4.62. The number of rotatable bonds is 6. The Morgan fingerprint density at radius 2 is 1.93 bits per heavy atom. The highest BCUT2D eigenvalue weighted by Crippen LogP contribution is 2.25. The van der Waals surface area contributed by atoms with Gasteiger partial charge in [-0.1, -0.05) is 0 Å². The van der Waals surface area contributed by atoms with Crippen molar-refractivity contribution < 1.29 is 14.3 Å². The Hall–Kier alpha value is -1.80. The van der Waals surface area contributed by atoms with E-state index >= 15 is 0 Å². The fraction of sp³-hybridized carbons (Fsp3) is 0.444. The van der Waals surface area contributed by atoms with Crippen LogP contribution in [0, 0.1) is 0 Å². The molecule has 9 heteroatoms. The van der Waals surface area contributed by atoms with E-state index in [-0.39, 0.29) is 30.7 Å². The SMILES string of the molecule is COC1(C(=O)Nc2ccc(OCc3nccn3C)cc2)CCNCC1.Cl.Cl. The van der Waals surface area contributed by atoms with Gasteiger partial charge in [0.15, 0.2) is 0 Å². The number of carbonyl (C=O) groups is 1. The van der Waals surface area contributed by atoms with Crippen LogP contribution in [-0.2, 0) is 23.2 Å². The molecule has 1 aliphatic rings. The molecule has 1 fully saturated rings. The number of methoxy groups -OCH3 is 1. The number of amides is 1. The first-order valence-corrected chi connectivity index (χ1v) is 8.39. The van der Waals surface area contributed by atoms with Crippen LogP contribution in [0.15, 0.2) is 36.7 Å². The van der Waals surface area contributed by atoms with Gasteiger partial charge in [0.2, 0.25) is 0 Å². The standard InChI is InChI=1S/C18H24N4O3.2ClH/c1-22-12-11-20-16(22)13-25-15-5-3-14(4-6-15)21-17(23)18(24-2)7-9-19-10-8-18;;/h3-6,11-12,19H,7-10,13H2,1-2H3,(H,21,23);2*1H. The van der Waals surface area contributed by atoms with Gasteiger partial charge in [0.1, 0.15) is 23.8 Å². The summed E-state index contributed by atoms with van der Waals surface area (Å²) < 4.78 is 13.2. The topological polar surface area (TPSA) is 77.4 Å². The zero-order chi connectivity index (χ0) is 17.7. The highest BCUT2D eigenvalue weighted by atomic mass is 35.5. The fourth-order valence-electron chi connectivity index (χ4n) is 2.92. The Bertz CT molecular complexity index is 716. The van der Waals surface area contributed by atoms with Crippen molar-refractivity contribution in [2.45, 2.75) is 25.0 Å². The van der Waals surface area contributed by atoms with E-state index in [0.717, 1.165) is 30.4 Å². The minimum atomic E-state index is -0.751. The van der Waals surface area contributed by atoms with Gasteiger partial charge in [0.25, 0.3) is 5.91 Å². The van der Waals surface area contributed by atoms with Crippen LogP contribution >= 0.6 is 24.8 Å². The van der Waals surface area contributed by atoms with Gasteiger partial charge in [-0.15, -0.1) is 24.8 Å². The van der Waals surface area contributed by atoms with Gasteiger partial charge in [0.05, 0.1) is 0 Å². The van der Waals surface area contributed by atoms with Gasteiger partial charge in [0, 0.05) is 32.2 Å². The van der Waals surface area contributed by atoms with Crippen LogP contribution in [-0.4, -0.2) is 41.3 Å². The second-order valence-electron chi connectivity index (χ2n) is 6.17. The van der Waals surface area contributed by atoms with Crippen molar-refractivity contribution in [3.05, 3.63) is 42.5 Å². The highest BCUT2D eigenvalue weighted by molar-refractivity contribution is 5.97. The molecule has 3 rings (SSSR count). The molecule has 0 radical (unpaired) electrons. The van der Waals surface area contributed by atoms with Crippen molar-refractivity contribution in [3.8, 4) is 5.75 Å². The minimum absolute atomic E-state index is 0. The Kier molecular flexibility index (Phi) is 9.05. The van der Waals surface area contributed by atoms with Crippen molar-refractivity contribution in [1.82, 2.24) is 14.9 Å². The van der Waals surface area contributed by atoms with Gasteiger partial charge >= 0.3 is 0 Å². The van der Waals surface area contributed by atoms with E-state index in [9.17, 15) is 4.79 Å². The molecule has 0 aliphatic carbocycles. The van der Waals surface area contributed by atoms with E-state index in [1.54, 1.807) is 13.3 Å².